The van der Waals surface area contributed by atoms with E-state index in [2.05, 4.69) is 10.3 Å². The van der Waals surface area contributed by atoms with E-state index in [9.17, 15) is 9.90 Å². The van der Waals surface area contributed by atoms with Crippen molar-refractivity contribution in [2.24, 2.45) is 5.92 Å². The van der Waals surface area contributed by atoms with Gasteiger partial charge in [-0.05, 0) is 37.1 Å². The summed E-state index contributed by atoms with van der Waals surface area (Å²) in [5.41, 5.74) is 1.84. The lowest BCUT2D eigenvalue weighted by atomic mass is 10.2. The van der Waals surface area contributed by atoms with Crippen molar-refractivity contribution in [2.75, 3.05) is 0 Å². The number of phenols is 1. The van der Waals surface area contributed by atoms with E-state index in [0.29, 0.717) is 6.54 Å². The lowest BCUT2D eigenvalue weighted by Gasteiger charge is -2.00. The number of carbonyl (C=O) groups is 1. The molecule has 1 fully saturated rings. The minimum atomic E-state index is 0.140. The normalized spacial score (nSPS) is 14.3. The third-order valence-electron chi connectivity index (χ3n) is 3.08. The second-order valence-electron chi connectivity index (χ2n) is 4.67. The third kappa shape index (κ3) is 2.93. The number of aromatic nitrogens is 1. The molecule has 0 atom stereocenters. The van der Waals surface area contributed by atoms with Crippen LogP contribution in [0.3, 0.4) is 0 Å². The van der Waals surface area contributed by atoms with Crippen molar-refractivity contribution in [1.29, 1.82) is 0 Å². The van der Waals surface area contributed by atoms with E-state index in [1.165, 1.54) is 11.3 Å². The Morgan fingerprint density at radius 3 is 2.79 bits per heavy atom. The number of hydrogen-bond donors (Lipinski definition) is 2. The Morgan fingerprint density at radius 1 is 1.37 bits per heavy atom. The van der Waals surface area contributed by atoms with E-state index in [1.54, 1.807) is 12.1 Å². The fourth-order valence-corrected chi connectivity index (χ4v) is 2.55. The number of phenolic OH excluding ortho intramolecular Hbond substituents is 1. The van der Waals surface area contributed by atoms with Crippen LogP contribution in [0.1, 0.15) is 17.8 Å². The molecule has 0 bridgehead atoms. The maximum absolute atomic E-state index is 11.5. The molecule has 98 valence electrons. The van der Waals surface area contributed by atoms with Crippen LogP contribution in [0.5, 0.6) is 5.75 Å². The largest absolute Gasteiger partial charge is 0.508 e. The summed E-state index contributed by atoms with van der Waals surface area (Å²) in [4.78, 5) is 16.0. The Kier molecular flexibility index (Phi) is 3.21. The fourth-order valence-electron chi connectivity index (χ4n) is 1.81. The topological polar surface area (TPSA) is 62.2 Å². The highest BCUT2D eigenvalue weighted by Gasteiger charge is 2.29. The van der Waals surface area contributed by atoms with Gasteiger partial charge in [0.15, 0.2) is 0 Å². The molecular weight excluding hydrogens is 260 g/mol. The zero-order chi connectivity index (χ0) is 13.2. The number of amides is 1. The Bertz CT molecular complexity index is 588. The summed E-state index contributed by atoms with van der Waals surface area (Å²) in [5, 5.41) is 15.0. The smallest absolute Gasteiger partial charge is 0.223 e. The van der Waals surface area contributed by atoms with E-state index in [-0.39, 0.29) is 17.6 Å². The number of nitrogens with one attached hydrogen (secondary N) is 1. The van der Waals surface area contributed by atoms with E-state index in [0.717, 1.165) is 29.1 Å². The zero-order valence-corrected chi connectivity index (χ0v) is 11.1. The van der Waals surface area contributed by atoms with Crippen molar-refractivity contribution in [3.05, 3.63) is 34.7 Å². The molecule has 1 aromatic heterocycles. The third-order valence-corrected chi connectivity index (χ3v) is 3.93. The fraction of sp³-hybridized carbons (Fsp3) is 0.286. The molecular formula is C14H14N2O2S. The number of benzene rings is 1. The van der Waals surface area contributed by atoms with Gasteiger partial charge in [-0.1, -0.05) is 0 Å². The molecule has 1 aromatic carbocycles. The molecule has 2 N–H and O–H groups in total. The quantitative estimate of drug-likeness (QED) is 0.900. The molecule has 1 saturated carbocycles. The summed E-state index contributed by atoms with van der Waals surface area (Å²) in [5.74, 6) is 0.619. The number of hydrogen-bond acceptors (Lipinski definition) is 4. The summed E-state index contributed by atoms with van der Waals surface area (Å²) < 4.78 is 0. The standard InChI is InChI=1S/C14H14N2O2S/c17-11-5-3-9(4-6-11)12-8-19-13(16-12)7-15-14(18)10-1-2-10/h3-6,8,10,17H,1-2,7H2,(H,15,18). The van der Waals surface area contributed by atoms with Gasteiger partial charge in [0.25, 0.3) is 0 Å². The van der Waals surface area contributed by atoms with Gasteiger partial charge in [0, 0.05) is 16.9 Å². The van der Waals surface area contributed by atoms with Crippen molar-refractivity contribution in [3.8, 4) is 17.0 Å². The Hall–Kier alpha value is -1.88. The highest BCUT2D eigenvalue weighted by Crippen LogP contribution is 2.29. The predicted molar refractivity (Wildman–Crippen MR) is 73.8 cm³/mol. The van der Waals surface area contributed by atoms with Gasteiger partial charge in [-0.15, -0.1) is 11.3 Å². The van der Waals surface area contributed by atoms with Gasteiger partial charge in [0.2, 0.25) is 5.91 Å². The van der Waals surface area contributed by atoms with Crippen LogP contribution in [0.25, 0.3) is 11.3 Å². The first-order valence-corrected chi connectivity index (χ1v) is 7.12. The molecule has 1 aliphatic rings. The van der Waals surface area contributed by atoms with Gasteiger partial charge >= 0.3 is 0 Å². The van der Waals surface area contributed by atoms with Gasteiger partial charge in [-0.25, -0.2) is 4.98 Å². The second-order valence-corrected chi connectivity index (χ2v) is 5.61. The van der Waals surface area contributed by atoms with Crippen LogP contribution in [-0.4, -0.2) is 16.0 Å². The van der Waals surface area contributed by atoms with Crippen LogP contribution in [0, 0.1) is 5.92 Å². The number of thiazole rings is 1. The monoisotopic (exact) mass is 274 g/mol. The first-order chi connectivity index (χ1) is 9.22. The van der Waals surface area contributed by atoms with Crippen molar-refractivity contribution in [2.45, 2.75) is 19.4 Å². The lowest BCUT2D eigenvalue weighted by molar-refractivity contribution is -0.122. The van der Waals surface area contributed by atoms with Crippen LogP contribution < -0.4 is 5.32 Å². The highest BCUT2D eigenvalue weighted by molar-refractivity contribution is 7.09. The molecule has 4 nitrogen and oxygen atoms in total. The molecule has 19 heavy (non-hydrogen) atoms. The second kappa shape index (κ2) is 5.01. The number of nitrogens with zero attached hydrogens (tertiary/aromatic N) is 1. The molecule has 0 aliphatic heterocycles. The van der Waals surface area contributed by atoms with Gasteiger partial charge in [-0.2, -0.15) is 0 Å². The number of aromatic hydroxyl groups is 1. The van der Waals surface area contributed by atoms with Gasteiger partial charge in [0.05, 0.1) is 12.2 Å². The van der Waals surface area contributed by atoms with Gasteiger partial charge in [0.1, 0.15) is 10.8 Å². The molecule has 3 rings (SSSR count). The Balaban J connectivity index is 1.65. The van der Waals surface area contributed by atoms with Gasteiger partial charge in [-0.3, -0.25) is 4.79 Å². The number of rotatable bonds is 4. The summed E-state index contributed by atoms with van der Waals surface area (Å²) in [6.07, 6.45) is 2.03. The van der Waals surface area contributed by atoms with Crippen molar-refractivity contribution >= 4 is 17.2 Å². The Morgan fingerprint density at radius 2 is 2.11 bits per heavy atom. The van der Waals surface area contributed by atoms with Gasteiger partial charge < -0.3 is 10.4 Å². The van der Waals surface area contributed by atoms with Crippen molar-refractivity contribution in [3.63, 3.8) is 0 Å². The van der Waals surface area contributed by atoms with E-state index < -0.39 is 0 Å². The molecule has 0 spiro atoms. The van der Waals surface area contributed by atoms with E-state index in [4.69, 9.17) is 0 Å². The first kappa shape index (κ1) is 12.2. The maximum Gasteiger partial charge on any atom is 0.223 e. The van der Waals surface area contributed by atoms with Crippen LogP contribution in [0.4, 0.5) is 0 Å². The van der Waals surface area contributed by atoms with Crippen LogP contribution in [-0.2, 0) is 11.3 Å². The molecule has 2 aromatic rings. The number of carbonyl (C=O) groups excluding carboxylic acids is 1. The summed E-state index contributed by atoms with van der Waals surface area (Å²) in [6.45, 7) is 0.498. The molecule has 1 aliphatic carbocycles. The van der Waals surface area contributed by atoms with Crippen molar-refractivity contribution < 1.29 is 9.90 Å². The van der Waals surface area contributed by atoms with E-state index in [1.807, 2.05) is 17.5 Å². The predicted octanol–water partition coefficient (Wildman–Crippen LogP) is 2.54. The SMILES string of the molecule is O=C(NCc1nc(-c2ccc(O)cc2)cs1)C1CC1. The van der Waals surface area contributed by atoms with Crippen LogP contribution >= 0.6 is 11.3 Å². The molecule has 1 heterocycles. The summed E-state index contributed by atoms with van der Waals surface area (Å²) >= 11 is 1.53. The maximum atomic E-state index is 11.5. The summed E-state index contributed by atoms with van der Waals surface area (Å²) in [6, 6.07) is 6.94. The molecule has 0 saturated heterocycles. The van der Waals surface area contributed by atoms with Crippen molar-refractivity contribution in [1.82, 2.24) is 10.3 Å². The molecule has 0 radical (unpaired) electrons. The molecule has 5 heteroatoms. The Labute approximate surface area is 115 Å². The average Bonchev–Trinajstić information content (AvgIpc) is 3.16. The first-order valence-electron chi connectivity index (χ1n) is 6.24. The van der Waals surface area contributed by atoms with Crippen LogP contribution in [0.15, 0.2) is 29.6 Å². The van der Waals surface area contributed by atoms with E-state index >= 15 is 0 Å². The molecule has 1 amide bonds. The lowest BCUT2D eigenvalue weighted by Crippen LogP contribution is -2.23. The minimum absolute atomic E-state index is 0.140. The zero-order valence-electron chi connectivity index (χ0n) is 10.3. The highest BCUT2D eigenvalue weighted by atomic mass is 32.1. The van der Waals surface area contributed by atoms with Crippen LogP contribution in [0.2, 0.25) is 0 Å². The average molecular weight is 274 g/mol. The molecule has 0 unspecified atom stereocenters. The minimum Gasteiger partial charge on any atom is -0.508 e. The summed E-state index contributed by atoms with van der Waals surface area (Å²) in [7, 11) is 0.